The van der Waals surface area contributed by atoms with Gasteiger partial charge in [0.2, 0.25) is 5.95 Å². The number of anilines is 3. The quantitative estimate of drug-likeness (QED) is 0.873. The summed E-state index contributed by atoms with van der Waals surface area (Å²) >= 11 is 5.99. The van der Waals surface area contributed by atoms with E-state index in [0.717, 1.165) is 18.1 Å². The van der Waals surface area contributed by atoms with Crippen molar-refractivity contribution in [1.82, 2.24) is 14.9 Å². The third-order valence-corrected chi connectivity index (χ3v) is 4.41. The summed E-state index contributed by atoms with van der Waals surface area (Å²) in [6.45, 7) is 2.09. The molecule has 1 fully saturated rings. The lowest BCUT2D eigenvalue weighted by Gasteiger charge is -2.32. The highest BCUT2D eigenvalue weighted by Gasteiger charge is 2.18. The highest BCUT2D eigenvalue weighted by molar-refractivity contribution is 6.30. The van der Waals surface area contributed by atoms with Crippen molar-refractivity contribution in [1.29, 1.82) is 0 Å². The van der Waals surface area contributed by atoms with Crippen LogP contribution in [0.15, 0.2) is 36.5 Å². The van der Waals surface area contributed by atoms with Gasteiger partial charge >= 0.3 is 0 Å². The van der Waals surface area contributed by atoms with Crippen molar-refractivity contribution in [2.75, 3.05) is 30.8 Å². The number of rotatable bonds is 5. The fraction of sp³-hybridized carbons (Fsp3) is 0.412. The molecule has 0 bridgehead atoms. The Morgan fingerprint density at radius 3 is 3.04 bits per heavy atom. The SMILES string of the molecule is CN1CCCCC1CNc1ccnc(Nc2cccc(Cl)c2)n1. The molecule has 23 heavy (non-hydrogen) atoms. The Kier molecular flexibility index (Phi) is 5.31. The van der Waals surface area contributed by atoms with Crippen LogP contribution in [0.3, 0.4) is 0 Å². The van der Waals surface area contributed by atoms with Crippen LogP contribution in [0.2, 0.25) is 5.02 Å². The largest absolute Gasteiger partial charge is 0.368 e. The van der Waals surface area contributed by atoms with Crippen molar-refractivity contribution in [2.24, 2.45) is 0 Å². The van der Waals surface area contributed by atoms with E-state index in [-0.39, 0.29) is 0 Å². The molecule has 3 rings (SSSR count). The van der Waals surface area contributed by atoms with E-state index in [0.29, 0.717) is 17.0 Å². The Labute approximate surface area is 142 Å². The zero-order valence-electron chi connectivity index (χ0n) is 13.3. The number of benzene rings is 1. The summed E-state index contributed by atoms with van der Waals surface area (Å²) in [5, 5.41) is 7.28. The van der Waals surface area contributed by atoms with Crippen LogP contribution in [-0.4, -0.2) is 41.0 Å². The summed E-state index contributed by atoms with van der Waals surface area (Å²) in [7, 11) is 2.19. The summed E-state index contributed by atoms with van der Waals surface area (Å²) in [6, 6.07) is 9.99. The van der Waals surface area contributed by atoms with E-state index in [2.05, 4.69) is 32.5 Å². The number of piperidine rings is 1. The van der Waals surface area contributed by atoms with Gasteiger partial charge in [0.05, 0.1) is 0 Å². The topological polar surface area (TPSA) is 53.1 Å². The van der Waals surface area contributed by atoms with Gasteiger partial charge in [0.15, 0.2) is 0 Å². The fourth-order valence-corrected chi connectivity index (χ4v) is 3.03. The molecule has 2 heterocycles. The van der Waals surface area contributed by atoms with E-state index in [1.807, 2.05) is 30.3 Å². The van der Waals surface area contributed by atoms with Crippen LogP contribution >= 0.6 is 11.6 Å². The van der Waals surface area contributed by atoms with Crippen LogP contribution < -0.4 is 10.6 Å². The second-order valence-corrected chi connectivity index (χ2v) is 6.35. The highest BCUT2D eigenvalue weighted by Crippen LogP contribution is 2.19. The minimum Gasteiger partial charge on any atom is -0.368 e. The predicted octanol–water partition coefficient (Wildman–Crippen LogP) is 3.77. The van der Waals surface area contributed by atoms with Crippen LogP contribution in [0.25, 0.3) is 0 Å². The molecule has 0 radical (unpaired) electrons. The number of likely N-dealkylation sites (tertiary alicyclic amines) is 1. The molecule has 0 aliphatic carbocycles. The summed E-state index contributed by atoms with van der Waals surface area (Å²) in [5.41, 5.74) is 0.877. The van der Waals surface area contributed by atoms with Crippen LogP contribution in [0, 0.1) is 0 Å². The van der Waals surface area contributed by atoms with Crippen molar-refractivity contribution in [3.63, 3.8) is 0 Å². The van der Waals surface area contributed by atoms with Gasteiger partial charge in [-0.2, -0.15) is 4.98 Å². The maximum absolute atomic E-state index is 5.99. The van der Waals surface area contributed by atoms with Gasteiger partial charge in [-0.15, -0.1) is 0 Å². The molecule has 1 aromatic carbocycles. The third kappa shape index (κ3) is 4.56. The Hall–Kier alpha value is -1.85. The number of hydrogen-bond donors (Lipinski definition) is 2. The van der Waals surface area contributed by atoms with E-state index in [1.54, 1.807) is 6.20 Å². The van der Waals surface area contributed by atoms with Gasteiger partial charge in [0.25, 0.3) is 0 Å². The van der Waals surface area contributed by atoms with Crippen molar-refractivity contribution < 1.29 is 0 Å². The molecule has 1 unspecified atom stereocenters. The van der Waals surface area contributed by atoms with Crippen LogP contribution in [0.5, 0.6) is 0 Å². The maximum atomic E-state index is 5.99. The van der Waals surface area contributed by atoms with Crippen molar-refractivity contribution in [3.05, 3.63) is 41.6 Å². The standard InChI is InChI=1S/C17H22ClN5/c1-23-10-3-2-7-15(23)12-20-16-8-9-19-17(22-16)21-14-6-4-5-13(18)11-14/h4-6,8-9,11,15H,2-3,7,10,12H2,1H3,(H2,19,20,21,22). The lowest BCUT2D eigenvalue weighted by Crippen LogP contribution is -2.40. The first-order valence-electron chi connectivity index (χ1n) is 8.00. The second-order valence-electron chi connectivity index (χ2n) is 5.91. The van der Waals surface area contributed by atoms with Gasteiger partial charge in [-0.1, -0.05) is 24.1 Å². The minimum atomic E-state index is 0.564. The zero-order valence-corrected chi connectivity index (χ0v) is 14.1. The van der Waals surface area contributed by atoms with E-state index >= 15 is 0 Å². The van der Waals surface area contributed by atoms with E-state index in [4.69, 9.17) is 11.6 Å². The first-order chi connectivity index (χ1) is 11.2. The Balaban J connectivity index is 1.61. The third-order valence-electron chi connectivity index (χ3n) is 4.18. The average molecular weight is 332 g/mol. The number of nitrogens with zero attached hydrogens (tertiary/aromatic N) is 3. The monoisotopic (exact) mass is 331 g/mol. The average Bonchev–Trinajstić information content (AvgIpc) is 2.54. The Bertz CT molecular complexity index is 648. The molecule has 2 N–H and O–H groups in total. The van der Waals surface area contributed by atoms with E-state index in [1.165, 1.54) is 25.8 Å². The molecule has 1 aromatic heterocycles. The fourth-order valence-electron chi connectivity index (χ4n) is 2.84. The van der Waals surface area contributed by atoms with Gasteiger partial charge in [-0.25, -0.2) is 4.98 Å². The number of likely N-dealkylation sites (N-methyl/N-ethyl adjacent to an activating group) is 1. The molecule has 122 valence electrons. The van der Waals surface area contributed by atoms with Gasteiger partial charge in [0.1, 0.15) is 5.82 Å². The minimum absolute atomic E-state index is 0.564. The molecule has 2 aromatic rings. The number of nitrogens with one attached hydrogen (secondary N) is 2. The maximum Gasteiger partial charge on any atom is 0.229 e. The predicted molar refractivity (Wildman–Crippen MR) is 95.5 cm³/mol. The molecule has 6 heteroatoms. The molecule has 0 saturated carbocycles. The summed E-state index contributed by atoms with van der Waals surface area (Å²) < 4.78 is 0. The molecule has 1 atom stereocenters. The summed E-state index contributed by atoms with van der Waals surface area (Å²) in [6.07, 6.45) is 5.60. The van der Waals surface area contributed by atoms with Gasteiger partial charge < -0.3 is 15.5 Å². The van der Waals surface area contributed by atoms with Gasteiger partial charge in [-0.3, -0.25) is 0 Å². The molecule has 0 spiro atoms. The first kappa shape index (κ1) is 16.0. The highest BCUT2D eigenvalue weighted by atomic mass is 35.5. The summed E-state index contributed by atoms with van der Waals surface area (Å²) in [5.74, 6) is 1.40. The van der Waals surface area contributed by atoms with Crippen LogP contribution in [0.1, 0.15) is 19.3 Å². The van der Waals surface area contributed by atoms with E-state index in [9.17, 15) is 0 Å². The first-order valence-corrected chi connectivity index (χ1v) is 8.38. The lowest BCUT2D eigenvalue weighted by molar-refractivity contribution is 0.194. The number of aromatic nitrogens is 2. The van der Waals surface area contributed by atoms with Crippen molar-refractivity contribution in [3.8, 4) is 0 Å². The van der Waals surface area contributed by atoms with Crippen molar-refractivity contribution in [2.45, 2.75) is 25.3 Å². The number of halogens is 1. The Morgan fingerprint density at radius 2 is 2.22 bits per heavy atom. The molecule has 5 nitrogen and oxygen atoms in total. The smallest absolute Gasteiger partial charge is 0.229 e. The normalized spacial score (nSPS) is 18.6. The zero-order chi connectivity index (χ0) is 16.1. The van der Waals surface area contributed by atoms with E-state index < -0.39 is 0 Å². The summed E-state index contributed by atoms with van der Waals surface area (Å²) in [4.78, 5) is 11.2. The molecular weight excluding hydrogens is 310 g/mol. The number of hydrogen-bond acceptors (Lipinski definition) is 5. The molecule has 0 amide bonds. The second kappa shape index (κ2) is 7.62. The van der Waals surface area contributed by atoms with Crippen molar-refractivity contribution >= 4 is 29.1 Å². The lowest BCUT2D eigenvalue weighted by atomic mass is 10.0. The molecule has 1 saturated heterocycles. The Morgan fingerprint density at radius 1 is 1.30 bits per heavy atom. The molecule has 1 aliphatic rings. The van der Waals surface area contributed by atoms with Crippen LogP contribution in [-0.2, 0) is 0 Å². The van der Waals surface area contributed by atoms with Crippen LogP contribution in [0.4, 0.5) is 17.5 Å². The molecule has 1 aliphatic heterocycles. The van der Waals surface area contributed by atoms with Gasteiger partial charge in [0, 0.05) is 29.5 Å². The van der Waals surface area contributed by atoms with Gasteiger partial charge in [-0.05, 0) is 50.7 Å². The molecular formula is C17H22ClN5.